The molecule has 0 aliphatic heterocycles. The van der Waals surface area contributed by atoms with Gasteiger partial charge in [-0.05, 0) is 64.2 Å². The molecular weight excluding hydrogens is 601 g/mol. The number of aliphatic hydroxyl groups excluding tert-OH is 1. The molecule has 0 saturated carbocycles. The van der Waals surface area contributed by atoms with Crippen LogP contribution in [0.25, 0.3) is 0 Å². The Morgan fingerprint density at radius 1 is 0.408 bits per heavy atom. The minimum Gasteiger partial charge on any atom is -0.396 e. The normalized spacial score (nSPS) is 13.4. The Bertz CT molecular complexity index is 634. The van der Waals surface area contributed by atoms with Crippen molar-refractivity contribution in [3.8, 4) is 0 Å². The van der Waals surface area contributed by atoms with Gasteiger partial charge >= 0.3 is 0 Å². The molecule has 3 nitrogen and oxygen atoms in total. The largest absolute Gasteiger partial charge is 0.396 e. The highest BCUT2D eigenvalue weighted by Gasteiger charge is 2.19. The van der Waals surface area contributed by atoms with Crippen molar-refractivity contribution in [2.75, 3.05) is 13.2 Å². The predicted molar refractivity (Wildman–Crippen MR) is 219 cm³/mol. The summed E-state index contributed by atoms with van der Waals surface area (Å²) in [4.78, 5) is 0. The van der Waals surface area contributed by atoms with E-state index in [1.165, 1.54) is 193 Å². The van der Waals surface area contributed by atoms with Gasteiger partial charge in [-0.15, -0.1) is 13.2 Å². The van der Waals surface area contributed by atoms with E-state index in [2.05, 4.69) is 39.2 Å². The molecule has 292 valence electrons. The molecule has 0 heterocycles. The second-order valence-electron chi connectivity index (χ2n) is 15.3. The standard InChI is InChI=1S/C46H90O3/c1-5-9-13-17-21-27-32-38-44(37-31-25-19-15-11-7-3)48-43-46(41-35-29-23-24-30-36-42-47)49-45(39-33-26-20-16-12-8-4)40-34-28-22-18-14-10-6-2/h7-8,44-47H,3-6,9-43H2,1-2H3. The number of rotatable bonds is 43. The summed E-state index contributed by atoms with van der Waals surface area (Å²) in [7, 11) is 0. The molecule has 0 radical (unpaired) electrons. The van der Waals surface area contributed by atoms with Gasteiger partial charge in [0.2, 0.25) is 0 Å². The number of aliphatic hydroxyl groups is 1. The van der Waals surface area contributed by atoms with E-state index in [0.717, 1.165) is 38.7 Å². The van der Waals surface area contributed by atoms with E-state index in [1.807, 2.05) is 0 Å². The molecule has 1 N–H and O–H groups in total. The van der Waals surface area contributed by atoms with Crippen molar-refractivity contribution in [2.45, 2.75) is 257 Å². The average molecular weight is 691 g/mol. The fraction of sp³-hybridized carbons (Fsp3) is 0.913. The third-order valence-corrected chi connectivity index (χ3v) is 10.5. The zero-order chi connectivity index (χ0) is 35.7. The highest BCUT2D eigenvalue weighted by atomic mass is 16.5. The maximum Gasteiger partial charge on any atom is 0.0812 e. The van der Waals surface area contributed by atoms with E-state index in [-0.39, 0.29) is 6.10 Å². The molecule has 3 heteroatoms. The number of unbranched alkanes of at least 4 members (excludes halogenated alkanes) is 25. The minimum absolute atomic E-state index is 0.219. The quantitative estimate of drug-likeness (QED) is 0.0511. The number of hydrogen-bond acceptors (Lipinski definition) is 3. The van der Waals surface area contributed by atoms with Crippen molar-refractivity contribution in [3.05, 3.63) is 25.3 Å². The molecule has 0 fully saturated rings. The molecule has 0 aliphatic rings. The number of allylic oxidation sites excluding steroid dienone is 2. The van der Waals surface area contributed by atoms with Crippen LogP contribution in [0.5, 0.6) is 0 Å². The Morgan fingerprint density at radius 2 is 0.735 bits per heavy atom. The number of ether oxygens (including phenoxy) is 2. The first-order chi connectivity index (χ1) is 24.2. The van der Waals surface area contributed by atoms with E-state index in [9.17, 15) is 0 Å². The third-order valence-electron chi connectivity index (χ3n) is 10.5. The van der Waals surface area contributed by atoms with Crippen LogP contribution in [0.15, 0.2) is 25.3 Å². The van der Waals surface area contributed by atoms with Gasteiger partial charge in [-0.3, -0.25) is 0 Å². The van der Waals surface area contributed by atoms with Crippen LogP contribution in [0.1, 0.15) is 239 Å². The van der Waals surface area contributed by atoms with Crippen molar-refractivity contribution in [3.63, 3.8) is 0 Å². The van der Waals surface area contributed by atoms with Crippen LogP contribution in [-0.2, 0) is 9.47 Å². The molecular formula is C46H90O3. The van der Waals surface area contributed by atoms with E-state index in [1.54, 1.807) is 0 Å². The van der Waals surface area contributed by atoms with Crippen LogP contribution in [0.2, 0.25) is 0 Å². The average Bonchev–Trinajstić information content (AvgIpc) is 3.11. The second kappa shape index (κ2) is 41.8. The summed E-state index contributed by atoms with van der Waals surface area (Å²) in [6, 6.07) is 0. The monoisotopic (exact) mass is 691 g/mol. The van der Waals surface area contributed by atoms with Crippen LogP contribution >= 0.6 is 0 Å². The van der Waals surface area contributed by atoms with Gasteiger partial charge in [-0.25, -0.2) is 0 Å². The van der Waals surface area contributed by atoms with E-state index in [4.69, 9.17) is 14.6 Å². The molecule has 0 saturated heterocycles. The zero-order valence-electron chi connectivity index (χ0n) is 33.7. The smallest absolute Gasteiger partial charge is 0.0812 e. The van der Waals surface area contributed by atoms with Crippen molar-refractivity contribution in [2.24, 2.45) is 0 Å². The Hall–Kier alpha value is -0.640. The second-order valence-corrected chi connectivity index (χ2v) is 15.3. The summed E-state index contributed by atoms with van der Waals surface area (Å²) >= 11 is 0. The lowest BCUT2D eigenvalue weighted by atomic mass is 10.0. The highest BCUT2D eigenvalue weighted by Crippen LogP contribution is 2.23. The maximum absolute atomic E-state index is 9.15. The van der Waals surface area contributed by atoms with Crippen LogP contribution in [0.3, 0.4) is 0 Å². The Labute approximate surface area is 309 Å². The molecule has 0 aromatic rings. The van der Waals surface area contributed by atoms with Crippen LogP contribution < -0.4 is 0 Å². The number of hydrogen-bond donors (Lipinski definition) is 1. The lowest BCUT2D eigenvalue weighted by molar-refractivity contribution is -0.0869. The van der Waals surface area contributed by atoms with Gasteiger partial charge in [0.1, 0.15) is 0 Å². The van der Waals surface area contributed by atoms with Gasteiger partial charge < -0.3 is 14.6 Å². The first-order valence-electron chi connectivity index (χ1n) is 22.3. The molecule has 3 unspecified atom stereocenters. The van der Waals surface area contributed by atoms with Crippen molar-refractivity contribution >= 4 is 0 Å². The summed E-state index contributed by atoms with van der Waals surface area (Å²) in [5.41, 5.74) is 0. The molecule has 0 rings (SSSR count). The van der Waals surface area contributed by atoms with Gasteiger partial charge in [0, 0.05) is 6.61 Å². The minimum atomic E-state index is 0.219. The molecule has 0 aromatic heterocycles. The molecule has 49 heavy (non-hydrogen) atoms. The summed E-state index contributed by atoms with van der Waals surface area (Å²) < 4.78 is 13.9. The first-order valence-corrected chi connectivity index (χ1v) is 22.3. The summed E-state index contributed by atoms with van der Waals surface area (Å²) in [5.74, 6) is 0. The predicted octanol–water partition coefficient (Wildman–Crippen LogP) is 15.2. The van der Waals surface area contributed by atoms with Crippen molar-refractivity contribution in [1.82, 2.24) is 0 Å². The van der Waals surface area contributed by atoms with Gasteiger partial charge in [0.25, 0.3) is 0 Å². The van der Waals surface area contributed by atoms with Gasteiger partial charge in [0.15, 0.2) is 0 Å². The molecule has 0 spiro atoms. The first kappa shape index (κ1) is 48.4. The lowest BCUT2D eigenvalue weighted by Gasteiger charge is -2.28. The SMILES string of the molecule is C=CCCCCCCC(CCCCCCCCC)OCC(CCCCCCCCO)OC(CCCCCCC=C)CCCCCCCCC. The van der Waals surface area contributed by atoms with E-state index >= 15 is 0 Å². The molecule has 0 aromatic carbocycles. The highest BCUT2D eigenvalue weighted by molar-refractivity contribution is 4.70. The maximum atomic E-state index is 9.15. The van der Waals surface area contributed by atoms with E-state index in [0.29, 0.717) is 18.8 Å². The third kappa shape index (κ3) is 36.9. The topological polar surface area (TPSA) is 38.7 Å². The Morgan fingerprint density at radius 3 is 1.12 bits per heavy atom. The Balaban J connectivity index is 5.26. The van der Waals surface area contributed by atoms with E-state index < -0.39 is 0 Å². The van der Waals surface area contributed by atoms with Crippen LogP contribution in [-0.4, -0.2) is 36.6 Å². The summed E-state index contributed by atoms with van der Waals surface area (Å²) in [5, 5.41) is 9.15. The van der Waals surface area contributed by atoms with Crippen LogP contribution in [0, 0.1) is 0 Å². The molecule has 3 atom stereocenters. The fourth-order valence-electron chi connectivity index (χ4n) is 7.18. The zero-order valence-corrected chi connectivity index (χ0v) is 33.7. The van der Waals surface area contributed by atoms with Gasteiger partial charge in [-0.1, -0.05) is 187 Å². The van der Waals surface area contributed by atoms with Crippen molar-refractivity contribution < 1.29 is 14.6 Å². The summed E-state index contributed by atoms with van der Waals surface area (Å²) in [6.07, 6.45) is 49.9. The van der Waals surface area contributed by atoms with Gasteiger partial charge in [0.05, 0.1) is 24.9 Å². The van der Waals surface area contributed by atoms with Gasteiger partial charge in [-0.2, -0.15) is 0 Å². The lowest BCUT2D eigenvalue weighted by Crippen LogP contribution is -2.29. The fourth-order valence-corrected chi connectivity index (χ4v) is 7.18. The van der Waals surface area contributed by atoms with Crippen LogP contribution in [0.4, 0.5) is 0 Å². The Kier molecular flexibility index (Phi) is 41.2. The molecule has 0 amide bonds. The molecule has 0 bridgehead atoms. The molecule has 0 aliphatic carbocycles. The summed E-state index contributed by atoms with van der Waals surface area (Å²) in [6.45, 7) is 13.5. The van der Waals surface area contributed by atoms with Crippen molar-refractivity contribution in [1.29, 1.82) is 0 Å².